The second-order valence-electron chi connectivity index (χ2n) is 4.36. The highest BCUT2D eigenvalue weighted by Crippen LogP contribution is 2.22. The quantitative estimate of drug-likeness (QED) is 0.807. The van der Waals surface area contributed by atoms with Gasteiger partial charge in [-0.2, -0.15) is 0 Å². The molecule has 0 aliphatic carbocycles. The first-order chi connectivity index (χ1) is 8.24. The van der Waals surface area contributed by atoms with Gasteiger partial charge in [0.05, 0.1) is 0 Å². The normalized spacial score (nSPS) is 19.1. The molecule has 17 heavy (non-hydrogen) atoms. The van der Waals surface area contributed by atoms with Crippen LogP contribution in [0.5, 0.6) is 0 Å². The van der Waals surface area contributed by atoms with Crippen LogP contribution in [-0.2, 0) is 13.0 Å². The molecule has 1 aromatic heterocycles. The van der Waals surface area contributed by atoms with Crippen molar-refractivity contribution >= 4 is 0 Å². The summed E-state index contributed by atoms with van der Waals surface area (Å²) in [5, 5.41) is 8.32. The predicted molar refractivity (Wildman–Crippen MR) is 61.7 cm³/mol. The number of halogens is 1. The molecule has 1 aliphatic rings. The van der Waals surface area contributed by atoms with E-state index in [2.05, 4.69) is 10.2 Å². The summed E-state index contributed by atoms with van der Waals surface area (Å²) in [6.45, 7) is 0.731. The SMILES string of the molecule is N[C@H]1CCc2nnc(-c3ccc(F)cc3)n2C1. The summed E-state index contributed by atoms with van der Waals surface area (Å²) < 4.78 is 14.9. The van der Waals surface area contributed by atoms with E-state index in [0.29, 0.717) is 0 Å². The van der Waals surface area contributed by atoms with Gasteiger partial charge in [0.2, 0.25) is 0 Å². The van der Waals surface area contributed by atoms with Crippen molar-refractivity contribution in [3.8, 4) is 11.4 Å². The molecule has 0 fully saturated rings. The standard InChI is InChI=1S/C12H13FN4/c13-9-3-1-8(2-4-9)12-16-15-11-6-5-10(14)7-17(11)12/h1-4,10H,5-7,14H2/t10-/m0/s1. The zero-order valence-corrected chi connectivity index (χ0v) is 9.31. The smallest absolute Gasteiger partial charge is 0.164 e. The van der Waals surface area contributed by atoms with Crippen molar-refractivity contribution < 1.29 is 4.39 Å². The Morgan fingerprint density at radius 2 is 2.00 bits per heavy atom. The average molecular weight is 232 g/mol. The highest BCUT2D eigenvalue weighted by molar-refractivity contribution is 5.55. The number of nitrogens with zero attached hydrogens (tertiary/aromatic N) is 3. The van der Waals surface area contributed by atoms with Crippen LogP contribution in [0.1, 0.15) is 12.2 Å². The van der Waals surface area contributed by atoms with Crippen LogP contribution in [0.25, 0.3) is 11.4 Å². The van der Waals surface area contributed by atoms with Gasteiger partial charge in [0, 0.05) is 24.6 Å². The first-order valence-electron chi connectivity index (χ1n) is 5.67. The zero-order valence-electron chi connectivity index (χ0n) is 9.31. The number of fused-ring (bicyclic) bond motifs is 1. The Balaban J connectivity index is 2.04. The van der Waals surface area contributed by atoms with E-state index in [1.807, 2.05) is 4.57 Å². The number of aryl methyl sites for hydroxylation is 1. The molecule has 88 valence electrons. The molecule has 2 N–H and O–H groups in total. The van der Waals surface area contributed by atoms with Crippen molar-refractivity contribution in [2.24, 2.45) is 5.73 Å². The molecule has 0 amide bonds. The minimum atomic E-state index is -0.246. The number of nitrogens with two attached hydrogens (primary N) is 1. The molecule has 2 heterocycles. The van der Waals surface area contributed by atoms with Gasteiger partial charge in [0.1, 0.15) is 11.6 Å². The lowest BCUT2D eigenvalue weighted by molar-refractivity contribution is 0.456. The first-order valence-corrected chi connectivity index (χ1v) is 5.67. The summed E-state index contributed by atoms with van der Waals surface area (Å²) in [6, 6.07) is 6.44. The predicted octanol–water partition coefficient (Wildman–Crippen LogP) is 1.36. The van der Waals surface area contributed by atoms with Crippen molar-refractivity contribution in [2.75, 3.05) is 0 Å². The van der Waals surface area contributed by atoms with Crippen LogP contribution in [0.2, 0.25) is 0 Å². The van der Waals surface area contributed by atoms with E-state index < -0.39 is 0 Å². The van der Waals surface area contributed by atoms with Gasteiger partial charge in [0.15, 0.2) is 5.82 Å². The third-order valence-electron chi connectivity index (χ3n) is 3.09. The molecule has 3 rings (SSSR count). The Kier molecular flexibility index (Phi) is 2.40. The summed E-state index contributed by atoms with van der Waals surface area (Å²) in [5.41, 5.74) is 6.82. The average Bonchev–Trinajstić information content (AvgIpc) is 2.73. The van der Waals surface area contributed by atoms with Crippen LogP contribution >= 0.6 is 0 Å². The molecule has 0 unspecified atom stereocenters. The van der Waals surface area contributed by atoms with Gasteiger partial charge in [-0.25, -0.2) is 4.39 Å². The fourth-order valence-corrected chi connectivity index (χ4v) is 2.16. The van der Waals surface area contributed by atoms with Crippen molar-refractivity contribution in [3.05, 3.63) is 35.9 Å². The van der Waals surface area contributed by atoms with E-state index in [1.54, 1.807) is 12.1 Å². The molecule has 0 saturated heterocycles. The minimum Gasteiger partial charge on any atom is -0.326 e. The Bertz CT molecular complexity index is 532. The van der Waals surface area contributed by atoms with E-state index in [9.17, 15) is 4.39 Å². The van der Waals surface area contributed by atoms with Gasteiger partial charge in [-0.1, -0.05) is 0 Å². The number of rotatable bonds is 1. The van der Waals surface area contributed by atoms with Crippen molar-refractivity contribution in [3.63, 3.8) is 0 Å². The Morgan fingerprint density at radius 1 is 1.24 bits per heavy atom. The molecule has 0 saturated carbocycles. The number of benzene rings is 1. The highest BCUT2D eigenvalue weighted by Gasteiger charge is 2.20. The third-order valence-corrected chi connectivity index (χ3v) is 3.09. The van der Waals surface area contributed by atoms with Gasteiger partial charge in [-0.15, -0.1) is 10.2 Å². The second-order valence-corrected chi connectivity index (χ2v) is 4.36. The third kappa shape index (κ3) is 1.82. The van der Waals surface area contributed by atoms with E-state index in [1.165, 1.54) is 12.1 Å². The fourth-order valence-electron chi connectivity index (χ4n) is 2.16. The maximum atomic E-state index is 12.9. The van der Waals surface area contributed by atoms with E-state index >= 15 is 0 Å². The molecule has 2 aromatic rings. The fraction of sp³-hybridized carbons (Fsp3) is 0.333. The van der Waals surface area contributed by atoms with Crippen LogP contribution in [-0.4, -0.2) is 20.8 Å². The molecule has 0 bridgehead atoms. The molecular formula is C12H13FN4. The molecule has 0 radical (unpaired) electrons. The number of aromatic nitrogens is 3. The molecule has 5 heteroatoms. The van der Waals surface area contributed by atoms with Gasteiger partial charge < -0.3 is 10.3 Å². The lowest BCUT2D eigenvalue weighted by Gasteiger charge is -2.20. The number of hydrogen-bond donors (Lipinski definition) is 1. The monoisotopic (exact) mass is 232 g/mol. The van der Waals surface area contributed by atoms with Crippen LogP contribution in [0.15, 0.2) is 24.3 Å². The molecular weight excluding hydrogens is 219 g/mol. The molecule has 1 atom stereocenters. The van der Waals surface area contributed by atoms with Crippen molar-refractivity contribution in [1.82, 2.24) is 14.8 Å². The molecule has 1 aliphatic heterocycles. The first kappa shape index (κ1) is 10.4. The van der Waals surface area contributed by atoms with Crippen LogP contribution in [0.4, 0.5) is 4.39 Å². The van der Waals surface area contributed by atoms with E-state index in [0.717, 1.165) is 36.6 Å². The molecule has 1 aromatic carbocycles. The Labute approximate surface area is 98.3 Å². The van der Waals surface area contributed by atoms with Crippen LogP contribution in [0.3, 0.4) is 0 Å². The second kappa shape index (κ2) is 3.92. The van der Waals surface area contributed by atoms with Gasteiger partial charge in [0.25, 0.3) is 0 Å². The Hall–Kier alpha value is -1.75. The lowest BCUT2D eigenvalue weighted by Crippen LogP contribution is -2.32. The van der Waals surface area contributed by atoms with E-state index in [-0.39, 0.29) is 11.9 Å². The molecule has 0 spiro atoms. The van der Waals surface area contributed by atoms with Crippen LogP contribution < -0.4 is 5.73 Å². The summed E-state index contributed by atoms with van der Waals surface area (Å²) in [6.07, 6.45) is 1.80. The van der Waals surface area contributed by atoms with Gasteiger partial charge in [-0.05, 0) is 30.7 Å². The maximum absolute atomic E-state index is 12.9. The maximum Gasteiger partial charge on any atom is 0.164 e. The largest absolute Gasteiger partial charge is 0.326 e. The van der Waals surface area contributed by atoms with Crippen LogP contribution in [0, 0.1) is 5.82 Å². The summed E-state index contributed by atoms with van der Waals surface area (Å²) in [4.78, 5) is 0. The minimum absolute atomic E-state index is 0.151. The zero-order chi connectivity index (χ0) is 11.8. The van der Waals surface area contributed by atoms with Crippen molar-refractivity contribution in [1.29, 1.82) is 0 Å². The number of hydrogen-bond acceptors (Lipinski definition) is 3. The molecule has 4 nitrogen and oxygen atoms in total. The topological polar surface area (TPSA) is 56.7 Å². The Morgan fingerprint density at radius 3 is 2.76 bits per heavy atom. The lowest BCUT2D eigenvalue weighted by atomic mass is 10.1. The summed E-state index contributed by atoms with van der Waals surface area (Å²) >= 11 is 0. The van der Waals surface area contributed by atoms with E-state index in [4.69, 9.17) is 5.73 Å². The van der Waals surface area contributed by atoms with Gasteiger partial charge in [-0.3, -0.25) is 0 Å². The highest BCUT2D eigenvalue weighted by atomic mass is 19.1. The summed E-state index contributed by atoms with van der Waals surface area (Å²) in [5.74, 6) is 1.49. The van der Waals surface area contributed by atoms with Gasteiger partial charge >= 0.3 is 0 Å². The van der Waals surface area contributed by atoms with Crippen molar-refractivity contribution in [2.45, 2.75) is 25.4 Å². The summed E-state index contributed by atoms with van der Waals surface area (Å²) in [7, 11) is 0.